The maximum absolute atomic E-state index is 13.6. The molecule has 7 nitrogen and oxygen atoms in total. The first-order chi connectivity index (χ1) is 16.9. The molecule has 0 heterocycles. The molecule has 2 aliphatic rings. The molecule has 7 heteroatoms. The van der Waals surface area contributed by atoms with Gasteiger partial charge in [0.05, 0.1) is 0 Å². The number of carbonyl (C=O) groups is 3. The second-order valence-corrected chi connectivity index (χ2v) is 9.48. The number of ether oxygens (including phenoxy) is 1. The van der Waals surface area contributed by atoms with Crippen LogP contribution in [0.25, 0.3) is 11.1 Å². The summed E-state index contributed by atoms with van der Waals surface area (Å²) < 4.78 is 5.75. The number of carboxylic acids is 1. The van der Waals surface area contributed by atoms with Crippen molar-refractivity contribution in [2.75, 3.05) is 19.7 Å². The van der Waals surface area contributed by atoms with E-state index in [9.17, 15) is 14.4 Å². The van der Waals surface area contributed by atoms with Crippen molar-refractivity contribution in [1.29, 1.82) is 0 Å². The number of rotatable bonds is 9. The van der Waals surface area contributed by atoms with Crippen LogP contribution in [0.15, 0.2) is 48.5 Å². The molecule has 4 rings (SSSR count). The zero-order valence-corrected chi connectivity index (χ0v) is 20.3. The van der Waals surface area contributed by atoms with E-state index in [2.05, 4.69) is 29.6 Å². The molecule has 0 atom stereocenters. The number of amides is 2. The van der Waals surface area contributed by atoms with Gasteiger partial charge in [0.1, 0.15) is 12.1 Å². The Balaban J connectivity index is 1.45. The van der Waals surface area contributed by atoms with E-state index in [-0.39, 0.29) is 24.9 Å². The van der Waals surface area contributed by atoms with Crippen molar-refractivity contribution < 1.29 is 24.2 Å². The number of nitrogens with one attached hydrogen (secondary N) is 1. The Morgan fingerprint density at radius 2 is 1.60 bits per heavy atom. The van der Waals surface area contributed by atoms with E-state index in [0.29, 0.717) is 32.4 Å². The topological polar surface area (TPSA) is 95.9 Å². The Morgan fingerprint density at radius 3 is 2.17 bits per heavy atom. The van der Waals surface area contributed by atoms with Crippen LogP contribution in [0.3, 0.4) is 0 Å². The molecule has 0 unspecified atom stereocenters. The summed E-state index contributed by atoms with van der Waals surface area (Å²) in [6.07, 6.45) is 3.66. The lowest BCUT2D eigenvalue weighted by atomic mass is 9.80. The molecule has 2 N–H and O–H groups in total. The summed E-state index contributed by atoms with van der Waals surface area (Å²) in [4.78, 5) is 39.2. The summed E-state index contributed by atoms with van der Waals surface area (Å²) in [6, 6.07) is 16.4. The average molecular weight is 479 g/mol. The molecule has 2 aromatic carbocycles. The fraction of sp³-hybridized carbons (Fsp3) is 0.464. The van der Waals surface area contributed by atoms with Gasteiger partial charge in [-0.15, -0.1) is 0 Å². The first-order valence-corrected chi connectivity index (χ1v) is 12.6. The van der Waals surface area contributed by atoms with E-state index in [1.165, 1.54) is 0 Å². The van der Waals surface area contributed by atoms with Crippen LogP contribution < -0.4 is 5.32 Å². The number of carbonyl (C=O) groups excluding carboxylic acids is 2. The zero-order chi connectivity index (χ0) is 24.8. The Bertz CT molecular complexity index is 1030. The minimum atomic E-state index is -1.000. The number of carboxylic acid groups (broad SMARTS) is 1. The van der Waals surface area contributed by atoms with Gasteiger partial charge in [-0.3, -0.25) is 9.59 Å². The molecule has 1 fully saturated rings. The van der Waals surface area contributed by atoms with E-state index < -0.39 is 17.6 Å². The smallest absolute Gasteiger partial charge is 0.408 e. The molecule has 186 valence electrons. The highest BCUT2D eigenvalue weighted by atomic mass is 16.5. The first-order valence-electron chi connectivity index (χ1n) is 12.6. The van der Waals surface area contributed by atoms with E-state index in [4.69, 9.17) is 9.84 Å². The second kappa shape index (κ2) is 10.9. The van der Waals surface area contributed by atoms with Crippen LogP contribution in [0.5, 0.6) is 0 Å². The lowest BCUT2D eigenvalue weighted by Gasteiger charge is -2.39. The molecular formula is C28H34N2O5. The number of likely N-dealkylation sites (N-methyl/N-ethyl adjacent to an activating group) is 1. The van der Waals surface area contributed by atoms with Gasteiger partial charge in [-0.1, -0.05) is 67.8 Å². The Hall–Kier alpha value is -3.35. The van der Waals surface area contributed by atoms with E-state index in [1.807, 2.05) is 31.2 Å². The standard InChI is InChI=1S/C28H34N2O5/c1-2-30(18-10-15-25(31)32)26(33)28(16-8-3-9-17-28)29-27(34)35-19-24-22-13-6-4-11-20(22)21-12-5-7-14-23(21)24/h4-7,11-14,24H,2-3,8-10,15-19H2,1H3,(H,29,34)(H,31,32). The fourth-order valence-corrected chi connectivity index (χ4v) is 5.50. The molecule has 35 heavy (non-hydrogen) atoms. The summed E-state index contributed by atoms with van der Waals surface area (Å²) in [5.74, 6) is -1.06. The molecule has 0 spiro atoms. The van der Waals surface area contributed by atoms with Crippen LogP contribution in [-0.4, -0.2) is 53.2 Å². The summed E-state index contributed by atoms with van der Waals surface area (Å²) in [6.45, 7) is 2.89. The minimum absolute atomic E-state index is 0.0105. The Kier molecular flexibility index (Phi) is 7.73. The molecule has 0 radical (unpaired) electrons. The van der Waals surface area contributed by atoms with Gasteiger partial charge in [0.25, 0.3) is 0 Å². The number of fused-ring (bicyclic) bond motifs is 3. The molecule has 1 saturated carbocycles. The SMILES string of the molecule is CCN(CCCC(=O)O)C(=O)C1(NC(=O)OCC2c3ccccc3-c3ccccc32)CCCCC1. The fourth-order valence-electron chi connectivity index (χ4n) is 5.50. The molecule has 0 bridgehead atoms. The van der Waals surface area contributed by atoms with Crippen LogP contribution in [-0.2, 0) is 14.3 Å². The predicted molar refractivity (Wildman–Crippen MR) is 133 cm³/mol. The minimum Gasteiger partial charge on any atom is -0.481 e. The third kappa shape index (κ3) is 5.34. The predicted octanol–water partition coefficient (Wildman–Crippen LogP) is 4.94. The van der Waals surface area contributed by atoms with Crippen molar-refractivity contribution >= 4 is 18.0 Å². The molecule has 2 aromatic rings. The van der Waals surface area contributed by atoms with Crippen molar-refractivity contribution in [3.05, 3.63) is 59.7 Å². The third-order valence-corrected chi connectivity index (χ3v) is 7.29. The zero-order valence-electron chi connectivity index (χ0n) is 20.3. The first kappa shape index (κ1) is 24.8. The molecule has 0 saturated heterocycles. The van der Waals surface area contributed by atoms with E-state index >= 15 is 0 Å². The van der Waals surface area contributed by atoms with Crippen LogP contribution in [0.2, 0.25) is 0 Å². The second-order valence-electron chi connectivity index (χ2n) is 9.48. The largest absolute Gasteiger partial charge is 0.481 e. The van der Waals surface area contributed by atoms with Gasteiger partial charge in [-0.25, -0.2) is 4.79 Å². The maximum atomic E-state index is 13.6. The van der Waals surface area contributed by atoms with Crippen molar-refractivity contribution in [3.63, 3.8) is 0 Å². The molecule has 0 aliphatic heterocycles. The number of hydrogen-bond acceptors (Lipinski definition) is 4. The van der Waals surface area contributed by atoms with Crippen molar-refractivity contribution in [2.45, 2.75) is 63.3 Å². The number of nitrogens with zero attached hydrogens (tertiary/aromatic N) is 1. The molecule has 0 aromatic heterocycles. The van der Waals surface area contributed by atoms with Crippen LogP contribution in [0.1, 0.15) is 68.9 Å². The summed E-state index contributed by atoms with van der Waals surface area (Å²) in [5, 5.41) is 11.9. The maximum Gasteiger partial charge on any atom is 0.408 e. The van der Waals surface area contributed by atoms with E-state index in [0.717, 1.165) is 41.5 Å². The van der Waals surface area contributed by atoms with Gasteiger partial charge in [-0.05, 0) is 48.4 Å². The molecule has 2 aliphatic carbocycles. The highest BCUT2D eigenvalue weighted by molar-refractivity contribution is 5.90. The third-order valence-electron chi connectivity index (χ3n) is 7.29. The van der Waals surface area contributed by atoms with Gasteiger partial charge in [-0.2, -0.15) is 0 Å². The number of benzene rings is 2. The van der Waals surface area contributed by atoms with Crippen molar-refractivity contribution in [2.24, 2.45) is 0 Å². The number of hydrogen-bond donors (Lipinski definition) is 2. The summed E-state index contributed by atoms with van der Waals surface area (Å²) in [7, 11) is 0. The summed E-state index contributed by atoms with van der Waals surface area (Å²) in [5.41, 5.74) is 3.60. The summed E-state index contributed by atoms with van der Waals surface area (Å²) >= 11 is 0. The Morgan fingerprint density at radius 1 is 1.00 bits per heavy atom. The molecule has 2 amide bonds. The van der Waals surface area contributed by atoms with Gasteiger partial charge in [0.2, 0.25) is 5.91 Å². The average Bonchev–Trinajstić information content (AvgIpc) is 3.19. The van der Waals surface area contributed by atoms with Gasteiger partial charge >= 0.3 is 12.1 Å². The number of aliphatic carboxylic acids is 1. The number of alkyl carbamates (subject to hydrolysis) is 1. The van der Waals surface area contributed by atoms with Gasteiger partial charge in [0.15, 0.2) is 0 Å². The normalized spacial score (nSPS) is 16.1. The van der Waals surface area contributed by atoms with Gasteiger partial charge in [0, 0.05) is 25.4 Å². The van der Waals surface area contributed by atoms with Crippen LogP contribution in [0, 0.1) is 0 Å². The van der Waals surface area contributed by atoms with Gasteiger partial charge < -0.3 is 20.1 Å². The van der Waals surface area contributed by atoms with Crippen LogP contribution in [0.4, 0.5) is 4.79 Å². The quantitative estimate of drug-likeness (QED) is 0.532. The van der Waals surface area contributed by atoms with Crippen LogP contribution >= 0.6 is 0 Å². The molecular weight excluding hydrogens is 444 g/mol. The highest BCUT2D eigenvalue weighted by Gasteiger charge is 2.43. The Labute approximate surface area is 206 Å². The lowest BCUT2D eigenvalue weighted by molar-refractivity contribution is -0.141. The van der Waals surface area contributed by atoms with E-state index in [1.54, 1.807) is 4.90 Å². The highest BCUT2D eigenvalue weighted by Crippen LogP contribution is 2.44. The van der Waals surface area contributed by atoms with Crippen molar-refractivity contribution in [1.82, 2.24) is 10.2 Å². The monoisotopic (exact) mass is 478 g/mol. The lowest BCUT2D eigenvalue weighted by Crippen LogP contribution is -2.60. The van der Waals surface area contributed by atoms with Crippen molar-refractivity contribution in [3.8, 4) is 11.1 Å².